The van der Waals surface area contributed by atoms with Crippen LogP contribution >= 0.6 is 11.8 Å². The van der Waals surface area contributed by atoms with Crippen LogP contribution in [0.1, 0.15) is 57.1 Å². The first-order valence-electron chi connectivity index (χ1n) is 8.43. The van der Waals surface area contributed by atoms with E-state index in [1.807, 2.05) is 11.8 Å². The van der Waals surface area contributed by atoms with Crippen molar-refractivity contribution in [2.75, 3.05) is 25.4 Å². The van der Waals surface area contributed by atoms with Gasteiger partial charge in [0.2, 0.25) is 0 Å². The van der Waals surface area contributed by atoms with Gasteiger partial charge >= 0.3 is 0 Å². The predicted molar refractivity (Wildman–Crippen MR) is 91.9 cm³/mol. The highest BCUT2D eigenvalue weighted by Crippen LogP contribution is 2.23. The molecule has 0 saturated carbocycles. The van der Waals surface area contributed by atoms with Crippen molar-refractivity contribution in [1.82, 2.24) is 4.90 Å². The van der Waals surface area contributed by atoms with Crippen LogP contribution in [0.25, 0.3) is 0 Å². The number of aliphatic hydroxyl groups excluding tert-OH is 1. The number of thioether (sulfide) groups is 1. The van der Waals surface area contributed by atoms with Crippen molar-refractivity contribution in [3.63, 3.8) is 0 Å². The van der Waals surface area contributed by atoms with Crippen molar-refractivity contribution in [2.45, 2.75) is 56.4 Å². The average Bonchev–Trinajstić information content (AvgIpc) is 2.80. The molecule has 1 aromatic rings. The fourth-order valence-corrected chi connectivity index (χ4v) is 3.61. The fourth-order valence-electron chi connectivity index (χ4n) is 2.84. The Bertz CT molecular complexity index is 385. The Morgan fingerprint density at radius 1 is 1.10 bits per heavy atom. The molecule has 0 amide bonds. The summed E-state index contributed by atoms with van der Waals surface area (Å²) in [6.45, 7) is 5.64. The molecular weight excluding hydrogens is 278 g/mol. The molecule has 2 nitrogen and oxygen atoms in total. The average molecular weight is 308 g/mol. The van der Waals surface area contributed by atoms with Gasteiger partial charge in [-0.3, -0.25) is 0 Å². The van der Waals surface area contributed by atoms with Crippen LogP contribution in [-0.2, 0) is 0 Å². The summed E-state index contributed by atoms with van der Waals surface area (Å²) in [5.74, 6) is 1.16. The lowest BCUT2D eigenvalue weighted by Gasteiger charge is -2.21. The molecule has 118 valence electrons. The lowest BCUT2D eigenvalue weighted by Crippen LogP contribution is -2.26. The van der Waals surface area contributed by atoms with E-state index in [4.69, 9.17) is 0 Å². The van der Waals surface area contributed by atoms with Gasteiger partial charge in [-0.05, 0) is 62.2 Å². The largest absolute Gasteiger partial charge is 0.388 e. The summed E-state index contributed by atoms with van der Waals surface area (Å²) in [7, 11) is 0. The Hall–Kier alpha value is -0.510. The number of rotatable bonds is 7. The maximum atomic E-state index is 10.4. The van der Waals surface area contributed by atoms with Gasteiger partial charge in [-0.1, -0.05) is 31.9 Å². The fraction of sp³-hybridized carbons (Fsp3) is 0.667. The van der Waals surface area contributed by atoms with Gasteiger partial charge in [0.15, 0.2) is 0 Å². The molecule has 1 atom stereocenters. The third-order valence-corrected chi connectivity index (χ3v) is 5.37. The van der Waals surface area contributed by atoms with E-state index in [2.05, 4.69) is 36.1 Å². The molecule has 0 bridgehead atoms. The molecule has 0 aromatic heterocycles. The molecule has 2 rings (SSSR count). The van der Waals surface area contributed by atoms with Crippen LogP contribution in [0.3, 0.4) is 0 Å². The number of likely N-dealkylation sites (tertiary alicyclic amines) is 1. The van der Waals surface area contributed by atoms with Crippen molar-refractivity contribution in [3.8, 4) is 0 Å². The number of hydrogen-bond donors (Lipinski definition) is 1. The minimum Gasteiger partial charge on any atom is -0.388 e. The summed E-state index contributed by atoms with van der Waals surface area (Å²) < 4.78 is 0. The van der Waals surface area contributed by atoms with Crippen LogP contribution in [0, 0.1) is 0 Å². The molecule has 0 aliphatic carbocycles. The summed E-state index contributed by atoms with van der Waals surface area (Å²) in [6, 6.07) is 8.46. The first-order valence-corrected chi connectivity index (χ1v) is 9.41. The number of nitrogens with zero attached hydrogens (tertiary/aromatic N) is 1. The molecule has 1 aliphatic rings. The smallest absolute Gasteiger partial charge is 0.0802 e. The van der Waals surface area contributed by atoms with Crippen molar-refractivity contribution >= 4 is 11.8 Å². The second kappa shape index (κ2) is 9.50. The standard InChI is InChI=1S/C18H29NOS/c1-2-15-21-17-9-7-16(8-10-17)18(20)11-14-19-12-5-3-4-6-13-19/h7-10,18,20H,2-6,11-15H2,1H3. The third kappa shape index (κ3) is 6.01. The summed E-state index contributed by atoms with van der Waals surface area (Å²) in [5, 5.41) is 10.4. The summed E-state index contributed by atoms with van der Waals surface area (Å²) in [4.78, 5) is 3.82. The summed E-state index contributed by atoms with van der Waals surface area (Å²) >= 11 is 1.89. The topological polar surface area (TPSA) is 23.5 Å². The van der Waals surface area contributed by atoms with Gasteiger partial charge in [0.25, 0.3) is 0 Å². The molecule has 1 aromatic carbocycles. The molecule has 1 unspecified atom stereocenters. The van der Waals surface area contributed by atoms with Crippen LogP contribution in [-0.4, -0.2) is 35.4 Å². The van der Waals surface area contributed by atoms with E-state index in [0.717, 1.165) is 24.3 Å². The third-order valence-electron chi connectivity index (χ3n) is 4.16. The van der Waals surface area contributed by atoms with Crippen LogP contribution in [0.15, 0.2) is 29.2 Å². The zero-order valence-corrected chi connectivity index (χ0v) is 14.1. The Morgan fingerprint density at radius 3 is 2.38 bits per heavy atom. The highest BCUT2D eigenvalue weighted by atomic mass is 32.2. The highest BCUT2D eigenvalue weighted by Gasteiger charge is 2.12. The van der Waals surface area contributed by atoms with Crippen LogP contribution < -0.4 is 0 Å². The maximum absolute atomic E-state index is 10.4. The molecule has 3 heteroatoms. The minimum atomic E-state index is -0.321. The monoisotopic (exact) mass is 307 g/mol. The van der Waals surface area contributed by atoms with Crippen LogP contribution in [0.2, 0.25) is 0 Å². The second-order valence-electron chi connectivity index (χ2n) is 5.98. The molecule has 1 N–H and O–H groups in total. The lowest BCUT2D eigenvalue weighted by molar-refractivity contribution is 0.143. The van der Waals surface area contributed by atoms with E-state index in [1.165, 1.54) is 50.1 Å². The first-order chi connectivity index (χ1) is 10.3. The molecule has 21 heavy (non-hydrogen) atoms. The molecule has 1 saturated heterocycles. The molecule has 0 radical (unpaired) electrons. The van der Waals surface area contributed by atoms with E-state index in [1.54, 1.807) is 0 Å². The molecule has 1 aliphatic heterocycles. The van der Waals surface area contributed by atoms with Gasteiger partial charge in [-0.25, -0.2) is 0 Å². The van der Waals surface area contributed by atoms with Gasteiger partial charge in [0, 0.05) is 11.4 Å². The second-order valence-corrected chi connectivity index (χ2v) is 7.15. The van der Waals surface area contributed by atoms with Crippen LogP contribution in [0.5, 0.6) is 0 Å². The van der Waals surface area contributed by atoms with Gasteiger partial charge in [-0.2, -0.15) is 0 Å². The Balaban J connectivity index is 1.77. The van der Waals surface area contributed by atoms with Gasteiger partial charge in [-0.15, -0.1) is 11.8 Å². The highest BCUT2D eigenvalue weighted by molar-refractivity contribution is 7.99. The Kier molecular flexibility index (Phi) is 7.62. The molecular formula is C18H29NOS. The Labute approximate surface area is 133 Å². The SMILES string of the molecule is CCCSc1ccc(C(O)CCN2CCCCCC2)cc1. The van der Waals surface area contributed by atoms with E-state index >= 15 is 0 Å². The zero-order chi connectivity index (χ0) is 14.9. The number of hydrogen-bond acceptors (Lipinski definition) is 3. The van der Waals surface area contributed by atoms with E-state index < -0.39 is 0 Å². The van der Waals surface area contributed by atoms with Gasteiger partial charge in [0.1, 0.15) is 0 Å². The zero-order valence-electron chi connectivity index (χ0n) is 13.3. The lowest BCUT2D eigenvalue weighted by atomic mass is 10.1. The van der Waals surface area contributed by atoms with Gasteiger partial charge in [0.05, 0.1) is 6.10 Å². The number of benzene rings is 1. The molecule has 1 heterocycles. The summed E-state index contributed by atoms with van der Waals surface area (Å²) in [6.07, 6.45) is 7.11. The van der Waals surface area contributed by atoms with Gasteiger partial charge < -0.3 is 10.0 Å². The van der Waals surface area contributed by atoms with Crippen molar-refractivity contribution in [3.05, 3.63) is 29.8 Å². The maximum Gasteiger partial charge on any atom is 0.0802 e. The van der Waals surface area contributed by atoms with Crippen molar-refractivity contribution < 1.29 is 5.11 Å². The van der Waals surface area contributed by atoms with E-state index in [0.29, 0.717) is 0 Å². The van der Waals surface area contributed by atoms with E-state index in [9.17, 15) is 5.11 Å². The predicted octanol–water partition coefficient (Wildman–Crippen LogP) is 4.49. The van der Waals surface area contributed by atoms with Crippen molar-refractivity contribution in [1.29, 1.82) is 0 Å². The normalized spacial score (nSPS) is 18.4. The van der Waals surface area contributed by atoms with Crippen molar-refractivity contribution in [2.24, 2.45) is 0 Å². The quantitative estimate of drug-likeness (QED) is 0.751. The Morgan fingerprint density at radius 2 is 1.76 bits per heavy atom. The number of aliphatic hydroxyl groups is 1. The first kappa shape index (κ1) is 16.9. The minimum absolute atomic E-state index is 0.321. The molecule has 1 fully saturated rings. The molecule has 0 spiro atoms. The van der Waals surface area contributed by atoms with E-state index in [-0.39, 0.29) is 6.10 Å². The summed E-state index contributed by atoms with van der Waals surface area (Å²) in [5.41, 5.74) is 1.06. The van der Waals surface area contributed by atoms with Crippen LogP contribution in [0.4, 0.5) is 0 Å².